The maximum atomic E-state index is 10.6. The molecule has 0 bridgehead atoms. The predicted molar refractivity (Wildman–Crippen MR) is 31.6 cm³/mol. The van der Waals surface area contributed by atoms with E-state index in [0.29, 0.717) is 13.0 Å². The smallest absolute Gasteiger partial charge is 0.237 e. The molecule has 9 heavy (non-hydrogen) atoms. The molecular weight excluding hydrogens is 120 g/mol. The summed E-state index contributed by atoms with van der Waals surface area (Å²) >= 11 is 0. The van der Waals surface area contributed by atoms with E-state index in [1.807, 2.05) is 0 Å². The number of nitrogens with two attached hydrogens (primary N) is 1. The number of aliphatic hydroxyl groups is 1. The highest BCUT2D eigenvalue weighted by molar-refractivity contribution is 5.82. The van der Waals surface area contributed by atoms with E-state index in [4.69, 9.17) is 10.8 Å². The average molecular weight is 130 g/mol. The van der Waals surface area contributed by atoms with E-state index >= 15 is 0 Å². The van der Waals surface area contributed by atoms with Gasteiger partial charge in [-0.2, -0.15) is 0 Å². The molecule has 0 saturated carbocycles. The molecule has 0 aromatic heterocycles. The van der Waals surface area contributed by atoms with Gasteiger partial charge in [0.15, 0.2) is 0 Å². The van der Waals surface area contributed by atoms with E-state index in [-0.39, 0.29) is 5.91 Å². The number of β-amino-alcohol motifs (C(OH)–C–C–N with tert-alkyl or cyclic N) is 1. The molecule has 0 aliphatic carbocycles. The fourth-order valence-corrected chi connectivity index (χ4v) is 0.833. The molecule has 0 aromatic rings. The molecule has 52 valence electrons. The van der Waals surface area contributed by atoms with Crippen molar-refractivity contribution in [3.8, 4) is 0 Å². The first-order valence-electron chi connectivity index (χ1n) is 2.91. The highest BCUT2D eigenvalue weighted by Crippen LogP contribution is 2.00. The summed E-state index contributed by atoms with van der Waals surface area (Å²) in [5, 5.41) is 11.4. The molecule has 1 heterocycles. The van der Waals surface area contributed by atoms with Crippen LogP contribution in [-0.2, 0) is 4.79 Å². The molecule has 4 heteroatoms. The molecule has 0 aromatic carbocycles. The third kappa shape index (κ3) is 1.40. The molecule has 1 fully saturated rings. The molecule has 1 rings (SSSR count). The standard InChI is InChI=1S/C5H10N2O2/c6-4-1-3(8)2-7-5(4)9/h3-4,8H,1-2,6H2,(H,7,9)/t3-,4+/m1/s1. The average Bonchev–Trinajstić information content (AvgIpc) is 1.80. The first-order valence-corrected chi connectivity index (χ1v) is 2.91. The second kappa shape index (κ2) is 2.33. The van der Waals surface area contributed by atoms with Gasteiger partial charge in [0.05, 0.1) is 12.1 Å². The molecule has 1 amide bonds. The highest BCUT2D eigenvalue weighted by atomic mass is 16.3. The SMILES string of the molecule is N[C@H]1C[C@@H](O)CNC1=O. The lowest BCUT2D eigenvalue weighted by Gasteiger charge is -2.22. The molecule has 1 aliphatic rings. The summed E-state index contributed by atoms with van der Waals surface area (Å²) in [6.07, 6.45) is -0.0797. The van der Waals surface area contributed by atoms with Gasteiger partial charge in [0.25, 0.3) is 0 Å². The van der Waals surface area contributed by atoms with Crippen LogP contribution < -0.4 is 11.1 Å². The molecule has 1 aliphatic heterocycles. The minimum absolute atomic E-state index is 0.166. The molecule has 0 spiro atoms. The van der Waals surface area contributed by atoms with Crippen LogP contribution in [0.1, 0.15) is 6.42 Å². The van der Waals surface area contributed by atoms with Gasteiger partial charge in [-0.05, 0) is 6.42 Å². The minimum Gasteiger partial charge on any atom is -0.391 e. The summed E-state index contributed by atoms with van der Waals surface area (Å²) in [4.78, 5) is 10.6. The van der Waals surface area contributed by atoms with Crippen LogP contribution in [0, 0.1) is 0 Å². The Morgan fingerprint density at radius 3 is 2.89 bits per heavy atom. The second-order valence-electron chi connectivity index (χ2n) is 2.24. The zero-order valence-electron chi connectivity index (χ0n) is 5.00. The topological polar surface area (TPSA) is 75.3 Å². The maximum Gasteiger partial charge on any atom is 0.237 e. The second-order valence-corrected chi connectivity index (χ2v) is 2.24. The molecule has 4 N–H and O–H groups in total. The van der Waals surface area contributed by atoms with E-state index in [2.05, 4.69) is 5.32 Å². The van der Waals surface area contributed by atoms with Gasteiger partial charge in [0.1, 0.15) is 0 Å². The van der Waals surface area contributed by atoms with E-state index in [1.165, 1.54) is 0 Å². The number of carbonyl (C=O) groups is 1. The van der Waals surface area contributed by atoms with Gasteiger partial charge < -0.3 is 16.2 Å². The van der Waals surface area contributed by atoms with Crippen LogP contribution in [0.3, 0.4) is 0 Å². The predicted octanol–water partition coefficient (Wildman–Crippen LogP) is -1.81. The largest absolute Gasteiger partial charge is 0.391 e. The summed E-state index contributed by atoms with van der Waals surface area (Å²) in [6.45, 7) is 0.340. The number of hydrogen-bond donors (Lipinski definition) is 3. The first kappa shape index (κ1) is 6.51. The van der Waals surface area contributed by atoms with Crippen LogP contribution in [0.4, 0.5) is 0 Å². The Labute approximate surface area is 53.0 Å². The lowest BCUT2D eigenvalue weighted by Crippen LogP contribution is -2.51. The van der Waals surface area contributed by atoms with Crippen molar-refractivity contribution in [2.45, 2.75) is 18.6 Å². The molecule has 0 unspecified atom stereocenters. The van der Waals surface area contributed by atoms with Crippen LogP contribution >= 0.6 is 0 Å². The van der Waals surface area contributed by atoms with Crippen LogP contribution in [0.2, 0.25) is 0 Å². The quantitative estimate of drug-likeness (QED) is 0.362. The van der Waals surface area contributed by atoms with Gasteiger partial charge in [-0.15, -0.1) is 0 Å². The lowest BCUT2D eigenvalue weighted by molar-refractivity contribution is -0.125. The van der Waals surface area contributed by atoms with E-state index < -0.39 is 12.1 Å². The van der Waals surface area contributed by atoms with E-state index in [1.54, 1.807) is 0 Å². The van der Waals surface area contributed by atoms with Crippen molar-refractivity contribution in [1.82, 2.24) is 5.32 Å². The first-order chi connectivity index (χ1) is 4.20. The molecule has 1 saturated heterocycles. The normalized spacial score (nSPS) is 36.0. The van der Waals surface area contributed by atoms with Crippen molar-refractivity contribution in [2.75, 3.05) is 6.54 Å². The summed E-state index contributed by atoms with van der Waals surface area (Å²) in [7, 11) is 0. The number of rotatable bonds is 0. The number of nitrogens with one attached hydrogen (secondary N) is 1. The summed E-state index contributed by atoms with van der Waals surface area (Å²) in [5.74, 6) is -0.166. The van der Waals surface area contributed by atoms with Gasteiger partial charge in [-0.1, -0.05) is 0 Å². The number of piperidine rings is 1. The Bertz CT molecular complexity index is 126. The van der Waals surface area contributed by atoms with Crippen LogP contribution in [-0.4, -0.2) is 29.7 Å². The highest BCUT2D eigenvalue weighted by Gasteiger charge is 2.23. The Kier molecular flexibility index (Phi) is 1.68. The van der Waals surface area contributed by atoms with Gasteiger partial charge >= 0.3 is 0 Å². The van der Waals surface area contributed by atoms with E-state index in [0.717, 1.165) is 0 Å². The molecule has 0 radical (unpaired) electrons. The van der Waals surface area contributed by atoms with Crippen LogP contribution in [0.15, 0.2) is 0 Å². The number of aliphatic hydroxyl groups excluding tert-OH is 1. The van der Waals surface area contributed by atoms with Crippen molar-refractivity contribution in [2.24, 2.45) is 5.73 Å². The van der Waals surface area contributed by atoms with Crippen molar-refractivity contribution in [3.63, 3.8) is 0 Å². The summed E-state index contributed by atoms with van der Waals surface area (Å²) < 4.78 is 0. The third-order valence-electron chi connectivity index (χ3n) is 1.37. The molecular formula is C5H10N2O2. The third-order valence-corrected chi connectivity index (χ3v) is 1.37. The lowest BCUT2D eigenvalue weighted by atomic mass is 10.1. The molecule has 2 atom stereocenters. The zero-order valence-corrected chi connectivity index (χ0v) is 5.00. The van der Waals surface area contributed by atoms with Crippen molar-refractivity contribution in [1.29, 1.82) is 0 Å². The summed E-state index contributed by atoms with van der Waals surface area (Å²) in [6, 6.07) is -0.520. The number of carbonyl (C=O) groups excluding carboxylic acids is 1. The van der Waals surface area contributed by atoms with Crippen LogP contribution in [0.5, 0.6) is 0 Å². The fraction of sp³-hybridized carbons (Fsp3) is 0.800. The van der Waals surface area contributed by atoms with Crippen molar-refractivity contribution in [3.05, 3.63) is 0 Å². The van der Waals surface area contributed by atoms with Crippen LogP contribution in [0.25, 0.3) is 0 Å². The Balaban J connectivity index is 2.44. The van der Waals surface area contributed by atoms with Gasteiger partial charge in [-0.3, -0.25) is 4.79 Å². The monoisotopic (exact) mass is 130 g/mol. The minimum atomic E-state index is -0.520. The molecule has 4 nitrogen and oxygen atoms in total. The van der Waals surface area contributed by atoms with Crippen molar-refractivity contribution >= 4 is 5.91 Å². The Hall–Kier alpha value is -0.610. The zero-order chi connectivity index (χ0) is 6.85. The van der Waals surface area contributed by atoms with Gasteiger partial charge in [0.2, 0.25) is 5.91 Å². The Morgan fingerprint density at radius 1 is 1.78 bits per heavy atom. The number of amides is 1. The van der Waals surface area contributed by atoms with E-state index in [9.17, 15) is 4.79 Å². The summed E-state index contributed by atoms with van der Waals surface area (Å²) in [5.41, 5.74) is 5.30. The number of hydrogen-bond acceptors (Lipinski definition) is 3. The van der Waals surface area contributed by atoms with Gasteiger partial charge in [-0.25, -0.2) is 0 Å². The fourth-order valence-electron chi connectivity index (χ4n) is 0.833. The van der Waals surface area contributed by atoms with Crippen molar-refractivity contribution < 1.29 is 9.90 Å². The maximum absolute atomic E-state index is 10.6. The Morgan fingerprint density at radius 2 is 2.44 bits per heavy atom. The van der Waals surface area contributed by atoms with Gasteiger partial charge in [0, 0.05) is 6.54 Å².